The number of benzene rings is 2. The summed E-state index contributed by atoms with van der Waals surface area (Å²) in [6.45, 7) is 1.51. The second-order valence-corrected chi connectivity index (χ2v) is 7.11. The van der Waals surface area contributed by atoms with Gasteiger partial charge in [0.25, 0.3) is 0 Å². The van der Waals surface area contributed by atoms with Crippen LogP contribution in [0.3, 0.4) is 0 Å². The average molecular weight is 386 g/mol. The smallest absolute Gasteiger partial charge is 0.227 e. The maximum Gasteiger partial charge on any atom is 0.227 e. The molecule has 0 radical (unpaired) electrons. The lowest BCUT2D eigenvalue weighted by Crippen LogP contribution is -2.38. The van der Waals surface area contributed by atoms with Gasteiger partial charge in [-0.15, -0.1) is 0 Å². The number of pyridine rings is 1. The number of aromatic nitrogens is 1. The van der Waals surface area contributed by atoms with Crippen LogP contribution in [0.1, 0.15) is 18.5 Å². The minimum Gasteiger partial charge on any atom is -0.495 e. The number of nitrogens with one attached hydrogen (secondary N) is 1. The summed E-state index contributed by atoms with van der Waals surface area (Å²) in [5.41, 5.74) is 2.93. The summed E-state index contributed by atoms with van der Waals surface area (Å²) in [5.74, 6) is 0.622. The quantitative estimate of drug-likeness (QED) is 0.734. The van der Waals surface area contributed by atoms with Gasteiger partial charge in [-0.1, -0.05) is 30.3 Å². The molecule has 0 bridgehead atoms. The Bertz CT molecular complexity index is 1080. The second-order valence-electron chi connectivity index (χ2n) is 7.11. The maximum absolute atomic E-state index is 12.8. The molecule has 0 unspecified atom stereocenters. The first-order chi connectivity index (χ1) is 14.2. The summed E-state index contributed by atoms with van der Waals surface area (Å²) < 4.78 is 5.32. The molecule has 1 aromatic heterocycles. The Kier molecular flexibility index (Phi) is 5.30. The van der Waals surface area contributed by atoms with Crippen molar-refractivity contribution in [3.05, 3.63) is 60.3 Å². The first-order valence-corrected chi connectivity index (χ1v) is 9.68. The van der Waals surface area contributed by atoms with Gasteiger partial charge in [-0.05, 0) is 37.1 Å². The summed E-state index contributed by atoms with van der Waals surface area (Å²) in [5, 5.41) is 13.4. The third-order valence-corrected chi connectivity index (χ3v) is 5.38. The molecule has 2 aromatic carbocycles. The van der Waals surface area contributed by atoms with Gasteiger partial charge in [0.15, 0.2) is 0 Å². The van der Waals surface area contributed by atoms with Crippen LogP contribution >= 0.6 is 0 Å². The molecule has 4 rings (SSSR count). The zero-order valence-electron chi connectivity index (χ0n) is 16.3. The van der Waals surface area contributed by atoms with E-state index in [4.69, 9.17) is 4.74 Å². The summed E-state index contributed by atoms with van der Waals surface area (Å²) in [6.07, 6.45) is 1.50. The molecule has 2 heterocycles. The molecule has 6 heteroatoms. The number of para-hydroxylation sites is 3. The summed E-state index contributed by atoms with van der Waals surface area (Å²) in [7, 11) is 1.60. The molecule has 3 aromatic rings. The molecule has 0 atom stereocenters. The Hall–Kier alpha value is -3.59. The lowest BCUT2D eigenvalue weighted by atomic mass is 9.95. The van der Waals surface area contributed by atoms with Crippen molar-refractivity contribution in [2.45, 2.75) is 12.8 Å². The number of nitriles is 1. The molecule has 1 N–H and O–H groups in total. The second kappa shape index (κ2) is 8.19. The highest BCUT2D eigenvalue weighted by molar-refractivity contribution is 5.95. The predicted octanol–water partition coefficient (Wildman–Crippen LogP) is 3.97. The lowest BCUT2D eigenvalue weighted by Gasteiger charge is -2.33. The number of hydrogen-bond acceptors (Lipinski definition) is 5. The van der Waals surface area contributed by atoms with Crippen LogP contribution in [0.2, 0.25) is 0 Å². The largest absolute Gasteiger partial charge is 0.495 e. The summed E-state index contributed by atoms with van der Waals surface area (Å²) in [4.78, 5) is 19.4. The minimum absolute atomic E-state index is 0.0199. The Labute approximate surface area is 169 Å². The molecule has 1 aliphatic heterocycles. The van der Waals surface area contributed by atoms with Gasteiger partial charge in [0.2, 0.25) is 5.91 Å². The number of piperidine rings is 1. The van der Waals surface area contributed by atoms with Crippen molar-refractivity contribution in [2.24, 2.45) is 5.92 Å². The fourth-order valence-electron chi connectivity index (χ4n) is 3.84. The summed E-state index contributed by atoms with van der Waals surface area (Å²) >= 11 is 0. The van der Waals surface area contributed by atoms with Crippen LogP contribution in [0.4, 0.5) is 11.4 Å². The van der Waals surface area contributed by atoms with Crippen LogP contribution in [0.25, 0.3) is 10.9 Å². The molecule has 0 aliphatic carbocycles. The molecule has 1 saturated heterocycles. The number of hydrogen-bond donors (Lipinski definition) is 1. The van der Waals surface area contributed by atoms with E-state index < -0.39 is 0 Å². The predicted molar refractivity (Wildman–Crippen MR) is 113 cm³/mol. The lowest BCUT2D eigenvalue weighted by molar-refractivity contribution is -0.120. The number of nitrogens with zero attached hydrogens (tertiary/aromatic N) is 3. The number of fused-ring (bicyclic) bond motifs is 1. The van der Waals surface area contributed by atoms with Crippen molar-refractivity contribution in [1.29, 1.82) is 5.26 Å². The molecule has 1 aliphatic rings. The molecular formula is C23H22N4O2. The highest BCUT2D eigenvalue weighted by Crippen LogP contribution is 2.31. The molecule has 0 saturated carbocycles. The van der Waals surface area contributed by atoms with E-state index in [2.05, 4.69) is 21.3 Å². The van der Waals surface area contributed by atoms with E-state index in [0.717, 1.165) is 42.5 Å². The average Bonchev–Trinajstić information content (AvgIpc) is 2.78. The van der Waals surface area contributed by atoms with E-state index in [1.165, 1.54) is 0 Å². The van der Waals surface area contributed by atoms with Crippen LogP contribution in [0.5, 0.6) is 5.75 Å². The van der Waals surface area contributed by atoms with Crippen LogP contribution in [0.15, 0.2) is 54.6 Å². The number of anilines is 2. The number of ether oxygens (including phenoxy) is 1. The molecule has 29 heavy (non-hydrogen) atoms. The Morgan fingerprint density at radius 1 is 1.17 bits per heavy atom. The summed E-state index contributed by atoms with van der Waals surface area (Å²) in [6, 6.07) is 19.3. The van der Waals surface area contributed by atoms with Crippen molar-refractivity contribution >= 4 is 28.2 Å². The standard InChI is InChI=1S/C23H22N4O2/c1-29-22-9-5-4-8-20(22)26-23(28)16-10-12-27(13-11-16)21-14-17(15-24)25-19-7-3-2-6-18(19)21/h2-9,14,16H,10-13H2,1H3,(H,26,28). The molecule has 146 valence electrons. The van der Waals surface area contributed by atoms with Gasteiger partial charge in [0.1, 0.15) is 17.5 Å². The molecule has 1 amide bonds. The number of carbonyl (C=O) groups is 1. The fraction of sp³-hybridized carbons (Fsp3) is 0.261. The van der Waals surface area contributed by atoms with Gasteiger partial charge in [-0.2, -0.15) is 5.26 Å². The van der Waals surface area contributed by atoms with E-state index in [9.17, 15) is 10.1 Å². The van der Waals surface area contributed by atoms with Gasteiger partial charge in [0.05, 0.1) is 18.3 Å². The SMILES string of the molecule is COc1ccccc1NC(=O)C1CCN(c2cc(C#N)nc3ccccc23)CC1. The third kappa shape index (κ3) is 3.85. The zero-order valence-corrected chi connectivity index (χ0v) is 16.3. The number of carbonyl (C=O) groups excluding carboxylic acids is 1. The minimum atomic E-state index is -0.0558. The monoisotopic (exact) mass is 386 g/mol. The molecular weight excluding hydrogens is 364 g/mol. The van der Waals surface area contributed by atoms with E-state index in [1.54, 1.807) is 7.11 Å². The van der Waals surface area contributed by atoms with Gasteiger partial charge in [0, 0.05) is 30.1 Å². The number of amides is 1. The van der Waals surface area contributed by atoms with Crippen LogP contribution in [-0.4, -0.2) is 31.1 Å². The fourth-order valence-corrected chi connectivity index (χ4v) is 3.84. The number of methoxy groups -OCH3 is 1. The molecule has 6 nitrogen and oxygen atoms in total. The van der Waals surface area contributed by atoms with E-state index >= 15 is 0 Å². The van der Waals surface area contributed by atoms with Crippen molar-refractivity contribution in [3.8, 4) is 11.8 Å². The van der Waals surface area contributed by atoms with Crippen LogP contribution in [-0.2, 0) is 4.79 Å². The first kappa shape index (κ1) is 18.8. The normalized spacial score (nSPS) is 14.4. The highest BCUT2D eigenvalue weighted by atomic mass is 16.5. The van der Waals surface area contributed by atoms with Crippen molar-refractivity contribution in [2.75, 3.05) is 30.4 Å². The Morgan fingerprint density at radius 2 is 1.90 bits per heavy atom. The first-order valence-electron chi connectivity index (χ1n) is 9.68. The van der Waals surface area contributed by atoms with Crippen LogP contribution in [0, 0.1) is 17.2 Å². The maximum atomic E-state index is 12.8. The van der Waals surface area contributed by atoms with Gasteiger partial charge in [-0.25, -0.2) is 4.98 Å². The zero-order chi connectivity index (χ0) is 20.2. The topological polar surface area (TPSA) is 78.2 Å². The van der Waals surface area contributed by atoms with Crippen molar-refractivity contribution < 1.29 is 9.53 Å². The van der Waals surface area contributed by atoms with Crippen LogP contribution < -0.4 is 15.0 Å². The van der Waals surface area contributed by atoms with Crippen molar-refractivity contribution in [3.63, 3.8) is 0 Å². The molecule has 1 fully saturated rings. The number of rotatable bonds is 4. The van der Waals surface area contributed by atoms with Crippen molar-refractivity contribution in [1.82, 2.24) is 4.98 Å². The Morgan fingerprint density at radius 3 is 2.66 bits per heavy atom. The van der Waals surface area contributed by atoms with E-state index in [-0.39, 0.29) is 11.8 Å². The molecule has 0 spiro atoms. The Balaban J connectivity index is 1.48. The van der Waals surface area contributed by atoms with E-state index in [0.29, 0.717) is 17.1 Å². The van der Waals surface area contributed by atoms with Gasteiger partial charge < -0.3 is 15.0 Å². The third-order valence-electron chi connectivity index (χ3n) is 5.38. The van der Waals surface area contributed by atoms with E-state index in [1.807, 2.05) is 54.6 Å². The van der Waals surface area contributed by atoms with Gasteiger partial charge in [-0.3, -0.25) is 4.79 Å². The highest BCUT2D eigenvalue weighted by Gasteiger charge is 2.26. The van der Waals surface area contributed by atoms with Gasteiger partial charge >= 0.3 is 0 Å².